The fourth-order valence-electron chi connectivity index (χ4n) is 1.58. The Labute approximate surface area is 115 Å². The molecule has 1 nitrogen and oxygen atoms in total. The Hall–Kier alpha value is -0.770. The van der Waals surface area contributed by atoms with E-state index in [-0.39, 0.29) is 0 Å². The molecule has 0 fully saturated rings. The number of nitrogens with two attached hydrogens (primary N) is 1. The van der Waals surface area contributed by atoms with Gasteiger partial charge >= 0.3 is 0 Å². The van der Waals surface area contributed by atoms with Crippen molar-refractivity contribution in [1.82, 2.24) is 0 Å². The van der Waals surface area contributed by atoms with E-state index in [9.17, 15) is 0 Å². The molecule has 3 heteroatoms. The lowest BCUT2D eigenvalue weighted by Crippen LogP contribution is -1.98. The number of rotatable bonds is 3. The van der Waals surface area contributed by atoms with Crippen molar-refractivity contribution in [2.75, 3.05) is 0 Å². The van der Waals surface area contributed by atoms with Gasteiger partial charge < -0.3 is 5.73 Å². The Morgan fingerprint density at radius 3 is 2.71 bits per heavy atom. The van der Waals surface area contributed by atoms with Crippen molar-refractivity contribution in [3.8, 4) is 0 Å². The quantitative estimate of drug-likeness (QED) is 0.911. The molecular formula is C14H14BrNS. The van der Waals surface area contributed by atoms with Crippen molar-refractivity contribution in [1.29, 1.82) is 0 Å². The number of hydrogen-bond donors (Lipinski definition) is 1. The molecule has 2 N–H and O–H groups in total. The third-order valence-electron chi connectivity index (χ3n) is 2.47. The van der Waals surface area contributed by atoms with E-state index in [2.05, 4.69) is 53.2 Å². The highest BCUT2D eigenvalue weighted by atomic mass is 79.9. The Morgan fingerprint density at radius 2 is 2.00 bits per heavy atom. The number of halogens is 1. The second-order valence-electron chi connectivity index (χ2n) is 3.87. The second kappa shape index (κ2) is 5.71. The Kier molecular flexibility index (Phi) is 4.26. The number of aryl methyl sites for hydroxylation is 1. The molecular weight excluding hydrogens is 294 g/mol. The van der Waals surface area contributed by atoms with Gasteiger partial charge in [0, 0.05) is 20.8 Å². The topological polar surface area (TPSA) is 26.0 Å². The summed E-state index contributed by atoms with van der Waals surface area (Å²) >= 11 is 5.24. The zero-order chi connectivity index (χ0) is 12.3. The van der Waals surface area contributed by atoms with Crippen molar-refractivity contribution < 1.29 is 0 Å². The molecule has 2 rings (SSSR count). The maximum Gasteiger partial charge on any atom is 0.0189 e. The molecule has 2 aromatic carbocycles. The van der Waals surface area contributed by atoms with Crippen molar-refractivity contribution in [3.63, 3.8) is 0 Å². The summed E-state index contributed by atoms with van der Waals surface area (Å²) in [5.41, 5.74) is 8.22. The molecule has 0 saturated carbocycles. The highest BCUT2D eigenvalue weighted by molar-refractivity contribution is 9.10. The van der Waals surface area contributed by atoms with Gasteiger partial charge in [0.25, 0.3) is 0 Å². The zero-order valence-corrected chi connectivity index (χ0v) is 12.0. The van der Waals surface area contributed by atoms with Crippen LogP contribution in [0.15, 0.2) is 56.7 Å². The number of hydrogen-bond acceptors (Lipinski definition) is 2. The Morgan fingerprint density at radius 1 is 1.18 bits per heavy atom. The molecule has 0 spiro atoms. The summed E-state index contributed by atoms with van der Waals surface area (Å²) in [6.07, 6.45) is 0. The monoisotopic (exact) mass is 307 g/mol. The van der Waals surface area contributed by atoms with Crippen LogP contribution in [-0.2, 0) is 6.54 Å². The lowest BCUT2D eigenvalue weighted by molar-refractivity contribution is 1.02. The van der Waals surface area contributed by atoms with Gasteiger partial charge in [-0.05, 0) is 42.3 Å². The van der Waals surface area contributed by atoms with Crippen molar-refractivity contribution in [2.45, 2.75) is 23.3 Å². The molecule has 2 aromatic rings. The van der Waals surface area contributed by atoms with Crippen LogP contribution >= 0.6 is 27.7 Å². The molecule has 0 aliphatic heterocycles. The maximum atomic E-state index is 5.76. The lowest BCUT2D eigenvalue weighted by atomic mass is 10.1. The SMILES string of the molecule is Cc1ccc(CN)c(Sc2cccc(Br)c2)c1. The minimum Gasteiger partial charge on any atom is -0.326 e. The molecule has 0 radical (unpaired) electrons. The van der Waals surface area contributed by atoms with E-state index >= 15 is 0 Å². The molecule has 0 amide bonds. The van der Waals surface area contributed by atoms with Crippen LogP contribution in [-0.4, -0.2) is 0 Å². The summed E-state index contributed by atoms with van der Waals surface area (Å²) in [5, 5.41) is 0. The predicted octanol–water partition coefficient (Wildman–Crippen LogP) is 4.37. The van der Waals surface area contributed by atoms with Crippen LogP contribution in [0.1, 0.15) is 11.1 Å². The van der Waals surface area contributed by atoms with E-state index in [0.29, 0.717) is 6.54 Å². The highest BCUT2D eigenvalue weighted by Crippen LogP contribution is 2.32. The standard InChI is InChI=1S/C14H14BrNS/c1-10-5-6-11(9-16)14(7-10)17-13-4-2-3-12(15)8-13/h2-8H,9,16H2,1H3. The molecule has 0 heterocycles. The van der Waals surface area contributed by atoms with Gasteiger partial charge in [0.15, 0.2) is 0 Å². The smallest absolute Gasteiger partial charge is 0.0189 e. The third kappa shape index (κ3) is 3.35. The largest absolute Gasteiger partial charge is 0.326 e. The van der Waals surface area contributed by atoms with Gasteiger partial charge in [-0.3, -0.25) is 0 Å². The third-order valence-corrected chi connectivity index (χ3v) is 4.05. The molecule has 0 aliphatic rings. The minimum absolute atomic E-state index is 0.580. The Balaban J connectivity index is 2.32. The normalized spacial score (nSPS) is 10.5. The first-order chi connectivity index (χ1) is 8.19. The van der Waals surface area contributed by atoms with Crippen LogP contribution in [0.5, 0.6) is 0 Å². The van der Waals surface area contributed by atoms with Crippen LogP contribution in [0.3, 0.4) is 0 Å². The molecule has 0 aromatic heterocycles. The molecule has 17 heavy (non-hydrogen) atoms. The summed E-state index contributed by atoms with van der Waals surface area (Å²) in [7, 11) is 0. The molecule has 0 saturated heterocycles. The summed E-state index contributed by atoms with van der Waals surface area (Å²) < 4.78 is 1.10. The van der Waals surface area contributed by atoms with Gasteiger partial charge in [0.05, 0.1) is 0 Å². The first kappa shape index (κ1) is 12.7. The van der Waals surface area contributed by atoms with Crippen molar-refractivity contribution >= 4 is 27.7 Å². The van der Waals surface area contributed by atoms with Crippen molar-refractivity contribution in [2.24, 2.45) is 5.73 Å². The maximum absolute atomic E-state index is 5.76. The van der Waals surface area contributed by atoms with E-state index in [0.717, 1.165) is 4.47 Å². The summed E-state index contributed by atoms with van der Waals surface area (Å²) in [4.78, 5) is 2.46. The summed E-state index contributed by atoms with van der Waals surface area (Å²) in [6.45, 7) is 2.68. The van der Waals surface area contributed by atoms with Crippen LogP contribution in [0.25, 0.3) is 0 Å². The number of benzene rings is 2. The van der Waals surface area contributed by atoms with E-state index in [1.807, 2.05) is 12.1 Å². The van der Waals surface area contributed by atoms with E-state index < -0.39 is 0 Å². The van der Waals surface area contributed by atoms with Gasteiger partial charge in [0.1, 0.15) is 0 Å². The van der Waals surface area contributed by atoms with Crippen LogP contribution in [0, 0.1) is 6.92 Å². The van der Waals surface area contributed by atoms with E-state index in [1.165, 1.54) is 20.9 Å². The molecule has 88 valence electrons. The second-order valence-corrected chi connectivity index (χ2v) is 5.91. The Bertz CT molecular complexity index is 525. The first-order valence-corrected chi connectivity index (χ1v) is 7.03. The zero-order valence-electron chi connectivity index (χ0n) is 9.61. The lowest BCUT2D eigenvalue weighted by Gasteiger charge is -2.08. The molecule has 0 aliphatic carbocycles. The molecule has 0 atom stereocenters. The van der Waals surface area contributed by atoms with Gasteiger partial charge in [-0.15, -0.1) is 0 Å². The highest BCUT2D eigenvalue weighted by Gasteiger charge is 2.04. The van der Waals surface area contributed by atoms with Crippen LogP contribution in [0.4, 0.5) is 0 Å². The van der Waals surface area contributed by atoms with E-state index in [1.54, 1.807) is 11.8 Å². The fourth-order valence-corrected chi connectivity index (χ4v) is 3.25. The minimum atomic E-state index is 0.580. The van der Waals surface area contributed by atoms with Gasteiger partial charge in [0.2, 0.25) is 0 Å². The molecule has 0 unspecified atom stereocenters. The van der Waals surface area contributed by atoms with Crippen LogP contribution < -0.4 is 5.73 Å². The van der Waals surface area contributed by atoms with Gasteiger partial charge in [-0.1, -0.05) is 45.9 Å². The van der Waals surface area contributed by atoms with Gasteiger partial charge in [-0.2, -0.15) is 0 Å². The predicted molar refractivity (Wildman–Crippen MR) is 77.3 cm³/mol. The first-order valence-electron chi connectivity index (χ1n) is 5.42. The summed E-state index contributed by atoms with van der Waals surface area (Å²) in [5.74, 6) is 0. The summed E-state index contributed by atoms with van der Waals surface area (Å²) in [6, 6.07) is 14.7. The fraction of sp³-hybridized carbons (Fsp3) is 0.143. The average Bonchev–Trinajstić information content (AvgIpc) is 2.29. The molecule has 0 bridgehead atoms. The van der Waals surface area contributed by atoms with E-state index in [4.69, 9.17) is 5.73 Å². The van der Waals surface area contributed by atoms with Crippen molar-refractivity contribution in [3.05, 3.63) is 58.1 Å². The van der Waals surface area contributed by atoms with Crippen LogP contribution in [0.2, 0.25) is 0 Å². The average molecular weight is 308 g/mol. The van der Waals surface area contributed by atoms with Gasteiger partial charge in [-0.25, -0.2) is 0 Å².